The predicted molar refractivity (Wildman–Crippen MR) is 142 cm³/mol. The largest absolute Gasteiger partial charge is 0.349 e. The van der Waals surface area contributed by atoms with E-state index in [0.717, 1.165) is 24.6 Å². The van der Waals surface area contributed by atoms with Gasteiger partial charge in [0.1, 0.15) is 11.5 Å². The van der Waals surface area contributed by atoms with Crippen molar-refractivity contribution in [3.63, 3.8) is 0 Å². The highest BCUT2D eigenvalue weighted by Crippen LogP contribution is 2.29. The first-order valence-corrected chi connectivity index (χ1v) is 13.2. The number of aryl methyl sites for hydroxylation is 1. The molecule has 1 N–H and O–H groups in total. The predicted octanol–water partition coefficient (Wildman–Crippen LogP) is 5.86. The van der Waals surface area contributed by atoms with E-state index < -0.39 is 23.8 Å². The van der Waals surface area contributed by atoms with Gasteiger partial charge >= 0.3 is 5.69 Å². The third-order valence-electron chi connectivity index (χ3n) is 7.29. The number of amides is 1. The number of rotatable bonds is 7. The van der Waals surface area contributed by atoms with Crippen molar-refractivity contribution in [3.8, 4) is 5.69 Å². The van der Waals surface area contributed by atoms with Gasteiger partial charge < -0.3 is 5.32 Å². The average molecular weight is 558 g/mol. The number of carbonyl (C=O) groups is 1. The number of pyridine rings is 2. The number of nitrogens with one attached hydrogen (secondary N) is 1. The van der Waals surface area contributed by atoms with Gasteiger partial charge in [-0.1, -0.05) is 30.7 Å². The van der Waals surface area contributed by atoms with Crippen LogP contribution in [0.25, 0.3) is 16.7 Å². The zero-order valence-corrected chi connectivity index (χ0v) is 22.0. The second kappa shape index (κ2) is 11.2. The lowest BCUT2D eigenvalue weighted by Crippen LogP contribution is -2.39. The standard InChI is InChI=1S/C28H27ClF3N5O2/c1-2-22-21(30)12-19(14-33-22)37-24-6-4-3-5-23(24)36(28(37)39)15-16-7-9-18(10-8-16)35-27(38)20-11-17(29)13-34-25(20)26(31)32/h3-6,11-14,16,18,26H,2,7-10,15H2,1H3,(H,35,38). The van der Waals surface area contributed by atoms with Gasteiger partial charge in [0.2, 0.25) is 0 Å². The second-order valence-corrected chi connectivity index (χ2v) is 10.2. The number of benzene rings is 1. The summed E-state index contributed by atoms with van der Waals surface area (Å²) in [7, 11) is 0. The number of halogens is 4. The summed E-state index contributed by atoms with van der Waals surface area (Å²) >= 11 is 5.88. The minimum absolute atomic E-state index is 0.109. The molecule has 3 aromatic heterocycles. The van der Waals surface area contributed by atoms with Crippen molar-refractivity contribution in [2.45, 2.75) is 58.0 Å². The summed E-state index contributed by atoms with van der Waals surface area (Å²) in [5.74, 6) is -0.914. The number of nitrogens with zero attached hydrogens (tertiary/aromatic N) is 4. The highest BCUT2D eigenvalue weighted by atomic mass is 35.5. The first kappa shape index (κ1) is 26.9. The Morgan fingerprint density at radius 2 is 1.82 bits per heavy atom. The maximum atomic E-state index is 14.5. The molecule has 0 saturated heterocycles. The van der Waals surface area contributed by atoms with Crippen LogP contribution in [0.3, 0.4) is 0 Å². The Hall–Kier alpha value is -3.66. The zero-order chi connectivity index (χ0) is 27.7. The second-order valence-electron chi connectivity index (χ2n) is 9.77. The normalized spacial score (nSPS) is 17.6. The molecular weight excluding hydrogens is 531 g/mol. The highest BCUT2D eigenvalue weighted by Gasteiger charge is 2.27. The molecule has 1 aromatic carbocycles. The molecule has 0 spiro atoms. The van der Waals surface area contributed by atoms with Gasteiger partial charge in [0, 0.05) is 24.8 Å². The van der Waals surface area contributed by atoms with Gasteiger partial charge in [-0.2, -0.15) is 0 Å². The molecule has 4 aromatic rings. The summed E-state index contributed by atoms with van der Waals surface area (Å²) in [5.41, 5.74) is 1.03. The molecule has 1 aliphatic carbocycles. The van der Waals surface area contributed by atoms with Gasteiger partial charge in [-0.15, -0.1) is 0 Å². The van der Waals surface area contributed by atoms with Crippen molar-refractivity contribution < 1.29 is 18.0 Å². The summed E-state index contributed by atoms with van der Waals surface area (Å²) in [6.07, 6.45) is 2.90. The number of hydrogen-bond acceptors (Lipinski definition) is 4. The smallest absolute Gasteiger partial charge is 0.333 e. The Labute approximate surface area is 227 Å². The third kappa shape index (κ3) is 5.43. The van der Waals surface area contributed by atoms with Crippen LogP contribution in [0.15, 0.2) is 53.6 Å². The van der Waals surface area contributed by atoms with Gasteiger partial charge in [-0.25, -0.2) is 18.0 Å². The van der Waals surface area contributed by atoms with E-state index in [0.29, 0.717) is 42.7 Å². The molecule has 0 aliphatic heterocycles. The van der Waals surface area contributed by atoms with Crippen LogP contribution in [0.4, 0.5) is 13.2 Å². The van der Waals surface area contributed by atoms with E-state index in [1.807, 2.05) is 31.2 Å². The summed E-state index contributed by atoms with van der Waals surface area (Å²) in [5, 5.41) is 2.95. The van der Waals surface area contributed by atoms with E-state index in [9.17, 15) is 22.8 Å². The van der Waals surface area contributed by atoms with Crippen molar-refractivity contribution in [2.24, 2.45) is 5.92 Å². The van der Waals surface area contributed by atoms with Crippen LogP contribution in [-0.2, 0) is 13.0 Å². The summed E-state index contributed by atoms with van der Waals surface area (Å²) < 4.78 is 44.3. The van der Waals surface area contributed by atoms with Crippen LogP contribution < -0.4 is 11.0 Å². The first-order valence-electron chi connectivity index (χ1n) is 12.9. The Kier molecular flexibility index (Phi) is 7.74. The highest BCUT2D eigenvalue weighted by molar-refractivity contribution is 6.30. The van der Waals surface area contributed by atoms with E-state index in [1.165, 1.54) is 22.9 Å². The Morgan fingerprint density at radius 3 is 2.49 bits per heavy atom. The SMILES string of the molecule is CCc1ncc(-n2c(=O)n(CC3CCC(NC(=O)c4cc(Cl)cnc4C(F)F)CC3)c3ccccc32)cc1F. The molecule has 39 heavy (non-hydrogen) atoms. The van der Waals surface area contributed by atoms with Crippen LogP contribution in [0.5, 0.6) is 0 Å². The van der Waals surface area contributed by atoms with Crippen LogP contribution in [-0.4, -0.2) is 31.1 Å². The molecule has 0 atom stereocenters. The quantitative estimate of drug-likeness (QED) is 0.308. The molecule has 0 unspecified atom stereocenters. The number of hydrogen-bond donors (Lipinski definition) is 1. The number of fused-ring (bicyclic) bond motifs is 1. The van der Waals surface area contributed by atoms with Crippen LogP contribution in [0.1, 0.15) is 60.8 Å². The molecule has 1 fully saturated rings. The van der Waals surface area contributed by atoms with E-state index in [2.05, 4.69) is 15.3 Å². The van der Waals surface area contributed by atoms with Crippen molar-refractivity contribution in [1.29, 1.82) is 0 Å². The topological polar surface area (TPSA) is 81.8 Å². The first-order chi connectivity index (χ1) is 18.8. The number of para-hydroxylation sites is 2. The molecule has 0 bridgehead atoms. The van der Waals surface area contributed by atoms with Crippen molar-refractivity contribution in [3.05, 3.63) is 87.1 Å². The van der Waals surface area contributed by atoms with Gasteiger partial charge in [0.25, 0.3) is 12.3 Å². The zero-order valence-electron chi connectivity index (χ0n) is 21.2. The molecule has 1 aliphatic rings. The van der Waals surface area contributed by atoms with Crippen LogP contribution in [0, 0.1) is 11.7 Å². The Bertz CT molecular complexity index is 1580. The fourth-order valence-electron chi connectivity index (χ4n) is 5.29. The lowest BCUT2D eigenvalue weighted by molar-refractivity contribution is 0.0904. The minimum atomic E-state index is -2.89. The monoisotopic (exact) mass is 557 g/mol. The van der Waals surface area contributed by atoms with E-state index in [-0.39, 0.29) is 28.2 Å². The summed E-state index contributed by atoms with van der Waals surface area (Å²) in [6.45, 7) is 2.28. The van der Waals surface area contributed by atoms with Crippen molar-refractivity contribution in [1.82, 2.24) is 24.4 Å². The minimum Gasteiger partial charge on any atom is -0.349 e. The molecule has 11 heteroatoms. The summed E-state index contributed by atoms with van der Waals surface area (Å²) in [6, 6.07) is 9.72. The fourth-order valence-corrected chi connectivity index (χ4v) is 5.45. The molecular formula is C28H27ClF3N5O2. The average Bonchev–Trinajstić information content (AvgIpc) is 3.20. The van der Waals surface area contributed by atoms with E-state index >= 15 is 0 Å². The maximum Gasteiger partial charge on any atom is 0.333 e. The maximum absolute atomic E-state index is 14.5. The van der Waals surface area contributed by atoms with Gasteiger partial charge in [-0.3, -0.25) is 23.9 Å². The Morgan fingerprint density at radius 1 is 1.10 bits per heavy atom. The third-order valence-corrected chi connectivity index (χ3v) is 7.50. The van der Waals surface area contributed by atoms with Crippen molar-refractivity contribution in [2.75, 3.05) is 0 Å². The Balaban J connectivity index is 1.31. The molecule has 3 heterocycles. The van der Waals surface area contributed by atoms with Gasteiger partial charge in [0.15, 0.2) is 0 Å². The van der Waals surface area contributed by atoms with E-state index in [4.69, 9.17) is 11.6 Å². The molecule has 5 rings (SSSR count). The molecule has 1 amide bonds. The fraction of sp³-hybridized carbons (Fsp3) is 0.357. The van der Waals surface area contributed by atoms with Gasteiger partial charge in [0.05, 0.1) is 39.2 Å². The number of aromatic nitrogens is 4. The van der Waals surface area contributed by atoms with Crippen LogP contribution >= 0.6 is 11.6 Å². The molecule has 204 valence electrons. The lowest BCUT2D eigenvalue weighted by atomic mass is 9.85. The lowest BCUT2D eigenvalue weighted by Gasteiger charge is -2.29. The summed E-state index contributed by atoms with van der Waals surface area (Å²) in [4.78, 5) is 34.1. The van der Waals surface area contributed by atoms with Crippen LogP contribution in [0.2, 0.25) is 5.02 Å². The molecule has 7 nitrogen and oxygen atoms in total. The molecule has 1 saturated carbocycles. The number of imidazole rings is 1. The van der Waals surface area contributed by atoms with Gasteiger partial charge in [-0.05, 0) is 56.2 Å². The molecule has 0 radical (unpaired) electrons. The van der Waals surface area contributed by atoms with E-state index in [1.54, 1.807) is 4.57 Å². The number of carbonyl (C=O) groups excluding carboxylic acids is 1. The van der Waals surface area contributed by atoms with Crippen molar-refractivity contribution >= 4 is 28.5 Å². The number of alkyl halides is 2.